The van der Waals surface area contributed by atoms with Gasteiger partial charge in [-0.2, -0.15) is 0 Å². The number of ketones is 1. The van der Waals surface area contributed by atoms with E-state index in [4.69, 9.17) is 5.11 Å². The molecule has 0 aromatic heterocycles. The molecule has 0 heterocycles. The van der Waals surface area contributed by atoms with Gasteiger partial charge in [-0.25, -0.2) is 4.79 Å². The molecule has 2 aliphatic carbocycles. The van der Waals surface area contributed by atoms with Gasteiger partial charge in [0.15, 0.2) is 5.78 Å². The van der Waals surface area contributed by atoms with E-state index in [1.165, 1.54) is 0 Å². The molecule has 3 atom stereocenters. The topological polar surface area (TPSA) is 66.4 Å². The molecule has 0 aromatic carbocycles. The minimum Gasteiger partial charge on any atom is -0.465 e. The molecule has 4 nitrogen and oxygen atoms in total. The van der Waals surface area contributed by atoms with Crippen molar-refractivity contribution in [3.8, 4) is 0 Å². The lowest BCUT2D eigenvalue weighted by Crippen LogP contribution is -2.38. The minimum absolute atomic E-state index is 0.0698. The van der Waals surface area contributed by atoms with Gasteiger partial charge in [-0.05, 0) is 37.2 Å². The van der Waals surface area contributed by atoms with Crippen molar-refractivity contribution in [3.05, 3.63) is 12.2 Å². The van der Waals surface area contributed by atoms with Gasteiger partial charge in [-0.15, -0.1) is 0 Å². The first kappa shape index (κ1) is 11.2. The van der Waals surface area contributed by atoms with Gasteiger partial charge in [0.25, 0.3) is 0 Å². The number of carboxylic acid groups (broad SMARTS) is 1. The molecule has 88 valence electrons. The first-order valence-electron chi connectivity index (χ1n) is 5.85. The van der Waals surface area contributed by atoms with Gasteiger partial charge in [0.2, 0.25) is 0 Å². The zero-order chi connectivity index (χ0) is 11.5. The van der Waals surface area contributed by atoms with Crippen LogP contribution in [0.2, 0.25) is 0 Å². The van der Waals surface area contributed by atoms with Crippen molar-refractivity contribution in [2.75, 3.05) is 0 Å². The van der Waals surface area contributed by atoms with Gasteiger partial charge < -0.3 is 10.4 Å². The molecule has 0 spiro atoms. The van der Waals surface area contributed by atoms with Crippen LogP contribution in [0.15, 0.2) is 12.2 Å². The summed E-state index contributed by atoms with van der Waals surface area (Å²) in [4.78, 5) is 21.7. The van der Waals surface area contributed by atoms with Crippen LogP contribution in [-0.2, 0) is 4.79 Å². The highest BCUT2D eigenvalue weighted by atomic mass is 16.4. The number of rotatable bonds is 2. The molecule has 0 saturated heterocycles. The summed E-state index contributed by atoms with van der Waals surface area (Å²) in [6.45, 7) is 0. The average Bonchev–Trinajstić information content (AvgIpc) is 2.64. The fourth-order valence-electron chi connectivity index (χ4n) is 2.85. The molecule has 1 fully saturated rings. The number of hydrogen-bond acceptors (Lipinski definition) is 2. The van der Waals surface area contributed by atoms with Crippen molar-refractivity contribution in [2.24, 2.45) is 11.8 Å². The van der Waals surface area contributed by atoms with Crippen molar-refractivity contribution in [1.29, 1.82) is 0 Å². The Morgan fingerprint density at radius 1 is 1.44 bits per heavy atom. The fourth-order valence-corrected chi connectivity index (χ4v) is 2.85. The second kappa shape index (κ2) is 4.68. The maximum atomic E-state index is 11.2. The molecule has 16 heavy (non-hydrogen) atoms. The summed E-state index contributed by atoms with van der Waals surface area (Å²) >= 11 is 0. The standard InChI is InChI=1S/C12H17NO3/c14-11-5-4-9(7-11)8-2-1-3-10(6-8)13-12(15)16/h4-5,8-10,13H,1-3,6-7H2,(H,15,16). The van der Waals surface area contributed by atoms with Gasteiger partial charge in [0.1, 0.15) is 0 Å². The highest BCUT2D eigenvalue weighted by Gasteiger charge is 2.30. The van der Waals surface area contributed by atoms with Gasteiger partial charge >= 0.3 is 6.09 Å². The average molecular weight is 223 g/mol. The van der Waals surface area contributed by atoms with Crippen LogP contribution in [0.25, 0.3) is 0 Å². The fraction of sp³-hybridized carbons (Fsp3) is 0.667. The second-order valence-electron chi connectivity index (χ2n) is 4.77. The lowest BCUT2D eigenvalue weighted by atomic mass is 9.77. The molecule has 3 unspecified atom stereocenters. The van der Waals surface area contributed by atoms with Gasteiger partial charge in [0.05, 0.1) is 0 Å². The van der Waals surface area contributed by atoms with E-state index in [0.717, 1.165) is 25.7 Å². The smallest absolute Gasteiger partial charge is 0.404 e. The number of carbonyl (C=O) groups excluding carboxylic acids is 1. The number of amides is 1. The highest BCUT2D eigenvalue weighted by molar-refractivity contribution is 5.92. The van der Waals surface area contributed by atoms with Gasteiger partial charge in [-0.3, -0.25) is 4.79 Å². The van der Waals surface area contributed by atoms with E-state index in [2.05, 4.69) is 5.32 Å². The zero-order valence-corrected chi connectivity index (χ0v) is 9.19. The molecule has 0 aliphatic heterocycles. The van der Waals surface area contributed by atoms with Crippen LogP contribution < -0.4 is 5.32 Å². The zero-order valence-electron chi connectivity index (χ0n) is 9.19. The summed E-state index contributed by atoms with van der Waals surface area (Å²) in [6, 6.07) is 0.0698. The quantitative estimate of drug-likeness (QED) is 0.752. The van der Waals surface area contributed by atoms with Crippen LogP contribution in [0.4, 0.5) is 4.79 Å². The van der Waals surface area contributed by atoms with E-state index in [1.54, 1.807) is 6.08 Å². The summed E-state index contributed by atoms with van der Waals surface area (Å²) in [5, 5.41) is 11.2. The molecule has 2 N–H and O–H groups in total. The Kier molecular flexibility index (Phi) is 3.27. The van der Waals surface area contributed by atoms with Crippen LogP contribution in [0.1, 0.15) is 32.1 Å². The molecule has 1 saturated carbocycles. The highest BCUT2D eigenvalue weighted by Crippen LogP contribution is 2.35. The van der Waals surface area contributed by atoms with Crippen molar-refractivity contribution in [1.82, 2.24) is 5.32 Å². The summed E-state index contributed by atoms with van der Waals surface area (Å²) in [5.41, 5.74) is 0. The molecule has 2 rings (SSSR count). The van der Waals surface area contributed by atoms with Crippen LogP contribution in [0.3, 0.4) is 0 Å². The molecule has 2 aliphatic rings. The first-order valence-corrected chi connectivity index (χ1v) is 5.85. The third-order valence-electron chi connectivity index (χ3n) is 3.61. The first-order chi connectivity index (χ1) is 7.65. The normalized spacial score (nSPS) is 34.0. The van der Waals surface area contributed by atoms with E-state index >= 15 is 0 Å². The Labute approximate surface area is 94.7 Å². The number of nitrogens with one attached hydrogen (secondary N) is 1. The van der Waals surface area contributed by atoms with Crippen LogP contribution in [0, 0.1) is 11.8 Å². The van der Waals surface area contributed by atoms with Crippen molar-refractivity contribution >= 4 is 11.9 Å². The number of carbonyl (C=O) groups is 2. The Morgan fingerprint density at radius 3 is 2.88 bits per heavy atom. The van der Waals surface area contributed by atoms with Crippen LogP contribution >= 0.6 is 0 Å². The largest absolute Gasteiger partial charge is 0.465 e. The van der Waals surface area contributed by atoms with E-state index in [0.29, 0.717) is 18.3 Å². The van der Waals surface area contributed by atoms with Crippen molar-refractivity contribution in [2.45, 2.75) is 38.1 Å². The van der Waals surface area contributed by atoms with Gasteiger partial charge in [-0.1, -0.05) is 12.5 Å². The summed E-state index contributed by atoms with van der Waals surface area (Å²) in [5.74, 6) is 1.01. The Morgan fingerprint density at radius 2 is 2.25 bits per heavy atom. The molecular weight excluding hydrogens is 206 g/mol. The van der Waals surface area contributed by atoms with Crippen molar-refractivity contribution in [3.63, 3.8) is 0 Å². The molecule has 1 amide bonds. The number of hydrogen-bond donors (Lipinski definition) is 2. The lowest BCUT2D eigenvalue weighted by molar-refractivity contribution is -0.114. The van der Waals surface area contributed by atoms with E-state index in [-0.39, 0.29) is 11.8 Å². The Hall–Kier alpha value is -1.32. The Balaban J connectivity index is 1.89. The van der Waals surface area contributed by atoms with Crippen LogP contribution in [-0.4, -0.2) is 23.0 Å². The molecule has 0 aromatic rings. The predicted octanol–water partition coefficient (Wildman–Crippen LogP) is 1.96. The maximum Gasteiger partial charge on any atom is 0.404 e. The third-order valence-corrected chi connectivity index (χ3v) is 3.61. The lowest BCUT2D eigenvalue weighted by Gasteiger charge is -2.31. The van der Waals surface area contributed by atoms with E-state index in [9.17, 15) is 9.59 Å². The van der Waals surface area contributed by atoms with E-state index < -0.39 is 6.09 Å². The van der Waals surface area contributed by atoms with Gasteiger partial charge in [0, 0.05) is 12.5 Å². The number of allylic oxidation sites excluding steroid dienone is 2. The Bertz CT molecular complexity index is 324. The minimum atomic E-state index is -0.941. The maximum absolute atomic E-state index is 11.2. The summed E-state index contributed by atoms with van der Waals surface area (Å²) in [7, 11) is 0. The molecule has 0 radical (unpaired) electrons. The summed E-state index contributed by atoms with van der Waals surface area (Å²) < 4.78 is 0. The molecule has 4 heteroatoms. The monoisotopic (exact) mass is 223 g/mol. The van der Waals surface area contributed by atoms with E-state index in [1.807, 2.05) is 6.08 Å². The molecule has 0 bridgehead atoms. The van der Waals surface area contributed by atoms with Crippen molar-refractivity contribution < 1.29 is 14.7 Å². The third kappa shape index (κ3) is 2.62. The predicted molar refractivity (Wildman–Crippen MR) is 59.2 cm³/mol. The summed E-state index contributed by atoms with van der Waals surface area (Å²) in [6.07, 6.45) is 7.29. The molecular formula is C12H17NO3. The van der Waals surface area contributed by atoms with Crippen LogP contribution in [0.5, 0.6) is 0 Å². The second-order valence-corrected chi connectivity index (χ2v) is 4.77. The SMILES string of the molecule is O=C1C=CC(C2CCCC(NC(=O)O)C2)C1.